The maximum absolute atomic E-state index is 6.00. The first-order valence-electron chi connectivity index (χ1n) is 9.34. The van der Waals surface area contributed by atoms with E-state index in [1.165, 1.54) is 44.9 Å². The third kappa shape index (κ3) is 6.09. The van der Waals surface area contributed by atoms with Crippen molar-refractivity contribution in [3.63, 3.8) is 0 Å². The lowest BCUT2D eigenvalue weighted by Gasteiger charge is -2.16. The number of aromatic nitrogens is 3. The highest BCUT2D eigenvalue weighted by atomic mass is 127. The maximum atomic E-state index is 6.00. The average Bonchev–Trinajstić information content (AvgIpc) is 3.11. The van der Waals surface area contributed by atoms with E-state index in [9.17, 15) is 0 Å². The summed E-state index contributed by atoms with van der Waals surface area (Å²) in [6, 6.07) is 0. The predicted octanol–water partition coefficient (Wildman–Crippen LogP) is 2.25. The second-order valence-corrected chi connectivity index (χ2v) is 6.62. The van der Waals surface area contributed by atoms with Crippen molar-refractivity contribution in [3.8, 4) is 0 Å². The van der Waals surface area contributed by atoms with Crippen LogP contribution in [0, 0.1) is 0 Å². The van der Waals surface area contributed by atoms with Gasteiger partial charge in [-0.1, -0.05) is 25.7 Å². The smallest absolute Gasteiger partial charge is 0.191 e. The minimum absolute atomic E-state index is 0. The first-order valence-corrected chi connectivity index (χ1v) is 9.34. The Labute approximate surface area is 167 Å². The van der Waals surface area contributed by atoms with Crippen LogP contribution in [0.4, 0.5) is 0 Å². The van der Waals surface area contributed by atoms with Gasteiger partial charge in [-0.15, -0.1) is 34.2 Å². The third-order valence-corrected chi connectivity index (χ3v) is 4.87. The van der Waals surface area contributed by atoms with E-state index in [0.717, 1.165) is 43.7 Å². The van der Waals surface area contributed by atoms with Crippen molar-refractivity contribution < 1.29 is 4.74 Å². The molecule has 8 heteroatoms. The van der Waals surface area contributed by atoms with Crippen LogP contribution >= 0.6 is 24.0 Å². The van der Waals surface area contributed by atoms with E-state index in [4.69, 9.17) is 4.74 Å². The van der Waals surface area contributed by atoms with Crippen molar-refractivity contribution in [3.05, 3.63) is 11.6 Å². The molecule has 1 fully saturated rings. The molecule has 142 valence electrons. The molecule has 1 aliphatic heterocycles. The summed E-state index contributed by atoms with van der Waals surface area (Å²) in [5.41, 5.74) is 0. The highest BCUT2D eigenvalue weighted by Gasteiger charge is 2.17. The molecule has 2 heterocycles. The lowest BCUT2D eigenvalue weighted by atomic mass is 10.1. The first kappa shape index (κ1) is 20.4. The number of ether oxygens (including phenoxy) is 1. The normalized spacial score (nSPS) is 18.4. The number of halogens is 1. The molecule has 3 rings (SSSR count). The van der Waals surface area contributed by atoms with Crippen molar-refractivity contribution in [1.82, 2.24) is 25.4 Å². The van der Waals surface area contributed by atoms with Crippen LogP contribution in [0.15, 0.2) is 4.99 Å². The molecule has 0 saturated heterocycles. The van der Waals surface area contributed by atoms with Crippen LogP contribution in [-0.4, -0.2) is 47.0 Å². The van der Waals surface area contributed by atoms with Crippen LogP contribution in [-0.2, 0) is 24.2 Å². The molecule has 0 spiro atoms. The SMILES string of the molecule is CN=C(NCCOC1CCCCCC1)NCc1nnc2n1CCC2.I. The number of aryl methyl sites for hydroxylation is 1. The van der Waals surface area contributed by atoms with Gasteiger partial charge in [-0.2, -0.15) is 0 Å². The van der Waals surface area contributed by atoms with Crippen LogP contribution in [0.5, 0.6) is 0 Å². The molecule has 0 aromatic carbocycles. The Bertz CT molecular complexity index is 539. The summed E-state index contributed by atoms with van der Waals surface area (Å²) in [5, 5.41) is 15.1. The Kier molecular flexibility index (Phi) is 8.94. The van der Waals surface area contributed by atoms with E-state index in [1.807, 2.05) is 0 Å². The Morgan fingerprint density at radius 3 is 2.72 bits per heavy atom. The molecule has 0 bridgehead atoms. The van der Waals surface area contributed by atoms with E-state index >= 15 is 0 Å². The molecular formula is C17H31IN6O. The highest BCUT2D eigenvalue weighted by Crippen LogP contribution is 2.19. The summed E-state index contributed by atoms with van der Waals surface area (Å²) in [4.78, 5) is 4.26. The predicted molar refractivity (Wildman–Crippen MR) is 109 cm³/mol. The number of aliphatic imine (C=N–C) groups is 1. The van der Waals surface area contributed by atoms with Gasteiger partial charge in [-0.3, -0.25) is 4.99 Å². The molecule has 0 atom stereocenters. The largest absolute Gasteiger partial charge is 0.376 e. The van der Waals surface area contributed by atoms with Gasteiger partial charge in [0.1, 0.15) is 5.82 Å². The zero-order valence-electron chi connectivity index (χ0n) is 15.2. The lowest BCUT2D eigenvalue weighted by molar-refractivity contribution is 0.0468. The summed E-state index contributed by atoms with van der Waals surface area (Å²) in [7, 11) is 1.79. The Balaban J connectivity index is 0.00000225. The van der Waals surface area contributed by atoms with E-state index < -0.39 is 0 Å². The summed E-state index contributed by atoms with van der Waals surface area (Å²) in [5.74, 6) is 2.88. The van der Waals surface area contributed by atoms with Crippen LogP contribution in [0.2, 0.25) is 0 Å². The number of guanidine groups is 1. The standard InChI is InChI=1S/C17H30N6O.HI/c1-18-17(19-10-12-24-14-7-4-2-3-5-8-14)20-13-16-22-21-15-9-6-11-23(15)16;/h14H,2-13H2,1H3,(H2,18,19,20);1H. The van der Waals surface area contributed by atoms with Crippen LogP contribution < -0.4 is 10.6 Å². The molecular weight excluding hydrogens is 431 g/mol. The Morgan fingerprint density at radius 1 is 1.16 bits per heavy atom. The van der Waals surface area contributed by atoms with E-state index in [-0.39, 0.29) is 24.0 Å². The van der Waals surface area contributed by atoms with Crippen molar-refractivity contribution in [1.29, 1.82) is 0 Å². The Hall–Kier alpha value is -0.900. The maximum Gasteiger partial charge on any atom is 0.191 e. The number of nitrogens with one attached hydrogen (secondary N) is 2. The van der Waals surface area contributed by atoms with Gasteiger partial charge < -0.3 is 19.9 Å². The molecule has 1 saturated carbocycles. The lowest BCUT2D eigenvalue weighted by Crippen LogP contribution is -2.39. The highest BCUT2D eigenvalue weighted by molar-refractivity contribution is 14.0. The fourth-order valence-electron chi connectivity index (χ4n) is 3.53. The first-order chi connectivity index (χ1) is 11.9. The molecule has 1 aromatic heterocycles. The molecule has 7 nitrogen and oxygen atoms in total. The number of hydrogen-bond donors (Lipinski definition) is 2. The van der Waals surface area contributed by atoms with Crippen molar-refractivity contribution >= 4 is 29.9 Å². The monoisotopic (exact) mass is 462 g/mol. The summed E-state index contributed by atoms with van der Waals surface area (Å²) in [6.07, 6.45) is 10.4. The Morgan fingerprint density at radius 2 is 1.96 bits per heavy atom. The third-order valence-electron chi connectivity index (χ3n) is 4.87. The molecule has 2 aliphatic rings. The quantitative estimate of drug-likeness (QED) is 0.223. The van der Waals surface area contributed by atoms with Gasteiger partial charge in [0, 0.05) is 26.6 Å². The topological polar surface area (TPSA) is 76.4 Å². The molecule has 0 radical (unpaired) electrons. The van der Waals surface area contributed by atoms with Crippen LogP contribution in [0.1, 0.15) is 56.6 Å². The summed E-state index contributed by atoms with van der Waals surface area (Å²) >= 11 is 0. The zero-order valence-corrected chi connectivity index (χ0v) is 17.5. The number of fused-ring (bicyclic) bond motifs is 1. The van der Waals surface area contributed by atoms with Crippen LogP contribution in [0.25, 0.3) is 0 Å². The fourth-order valence-corrected chi connectivity index (χ4v) is 3.53. The second kappa shape index (κ2) is 10.9. The number of nitrogens with zero attached hydrogens (tertiary/aromatic N) is 4. The zero-order chi connectivity index (χ0) is 16.6. The van der Waals surface area contributed by atoms with Crippen molar-refractivity contribution in [2.45, 2.75) is 70.6 Å². The van der Waals surface area contributed by atoms with Gasteiger partial charge >= 0.3 is 0 Å². The molecule has 2 N–H and O–H groups in total. The summed E-state index contributed by atoms with van der Waals surface area (Å²) in [6.45, 7) is 3.18. The second-order valence-electron chi connectivity index (χ2n) is 6.62. The minimum Gasteiger partial charge on any atom is -0.376 e. The minimum atomic E-state index is 0. The van der Waals surface area contributed by atoms with Crippen molar-refractivity contribution in [2.75, 3.05) is 20.2 Å². The molecule has 0 amide bonds. The van der Waals surface area contributed by atoms with Gasteiger partial charge in [-0.25, -0.2) is 0 Å². The van der Waals surface area contributed by atoms with E-state index in [1.54, 1.807) is 7.05 Å². The fraction of sp³-hybridized carbons (Fsp3) is 0.824. The van der Waals surface area contributed by atoms with Gasteiger partial charge in [0.15, 0.2) is 11.8 Å². The van der Waals surface area contributed by atoms with E-state index in [0.29, 0.717) is 12.6 Å². The van der Waals surface area contributed by atoms with Gasteiger partial charge in [0.05, 0.1) is 19.3 Å². The number of rotatable bonds is 6. The molecule has 1 aromatic rings. The van der Waals surface area contributed by atoms with Gasteiger partial charge in [-0.05, 0) is 19.3 Å². The average molecular weight is 462 g/mol. The van der Waals surface area contributed by atoms with Gasteiger partial charge in [0.25, 0.3) is 0 Å². The molecule has 1 aliphatic carbocycles. The molecule has 25 heavy (non-hydrogen) atoms. The summed E-state index contributed by atoms with van der Waals surface area (Å²) < 4.78 is 8.20. The number of hydrogen-bond acceptors (Lipinski definition) is 4. The van der Waals surface area contributed by atoms with E-state index in [2.05, 4.69) is 30.4 Å². The van der Waals surface area contributed by atoms with Crippen LogP contribution in [0.3, 0.4) is 0 Å². The molecule has 0 unspecified atom stereocenters. The van der Waals surface area contributed by atoms with Gasteiger partial charge in [0.2, 0.25) is 0 Å². The van der Waals surface area contributed by atoms with Crippen molar-refractivity contribution in [2.24, 2.45) is 4.99 Å².